The van der Waals surface area contributed by atoms with Crippen LogP contribution in [0.5, 0.6) is 0 Å². The molecule has 4 rings (SSSR count). The van der Waals surface area contributed by atoms with Gasteiger partial charge in [-0.2, -0.15) is 0 Å². The molecule has 0 saturated heterocycles. The van der Waals surface area contributed by atoms with E-state index in [9.17, 15) is 0 Å². The molecule has 1 unspecified atom stereocenters. The second kappa shape index (κ2) is 6.89. The lowest BCUT2D eigenvalue weighted by Gasteiger charge is -2.16. The highest BCUT2D eigenvalue weighted by molar-refractivity contribution is 5.84. The molecule has 1 atom stereocenters. The van der Waals surface area contributed by atoms with Crippen molar-refractivity contribution in [2.45, 2.75) is 32.2 Å². The van der Waals surface area contributed by atoms with E-state index in [2.05, 4.69) is 38.7 Å². The first-order valence-corrected chi connectivity index (χ1v) is 8.67. The number of hydrogen-bond donors (Lipinski definition) is 1. The normalized spacial score (nSPS) is 12.5. The standard InChI is InChI=1S/C20H21N5/c1-15(6-4-7-16-8-5-11-21-12-16)23-20-19-13-22-14-25(19)18-10-3-2-9-17(18)24-20/h2-3,5,8-15H,4,6-7H2,1H3,(H,23,24). The Balaban J connectivity index is 1.48. The van der Waals surface area contributed by atoms with Gasteiger partial charge in [0, 0.05) is 18.4 Å². The van der Waals surface area contributed by atoms with Gasteiger partial charge in [-0.15, -0.1) is 0 Å². The van der Waals surface area contributed by atoms with Crippen molar-refractivity contribution in [3.05, 3.63) is 66.9 Å². The zero-order valence-electron chi connectivity index (χ0n) is 14.3. The monoisotopic (exact) mass is 331 g/mol. The van der Waals surface area contributed by atoms with E-state index in [0.717, 1.165) is 41.6 Å². The summed E-state index contributed by atoms with van der Waals surface area (Å²) in [6.07, 6.45) is 10.7. The Bertz CT molecular complexity index is 977. The summed E-state index contributed by atoms with van der Waals surface area (Å²) in [5.74, 6) is 0.894. The van der Waals surface area contributed by atoms with Gasteiger partial charge in [-0.25, -0.2) is 9.97 Å². The van der Waals surface area contributed by atoms with Gasteiger partial charge in [0.1, 0.15) is 5.52 Å². The third-order valence-electron chi connectivity index (χ3n) is 4.46. The van der Waals surface area contributed by atoms with Gasteiger partial charge in [0.25, 0.3) is 0 Å². The molecule has 0 spiro atoms. The van der Waals surface area contributed by atoms with Crippen molar-refractivity contribution in [3.8, 4) is 0 Å². The maximum atomic E-state index is 4.80. The van der Waals surface area contributed by atoms with Crippen molar-refractivity contribution in [1.82, 2.24) is 19.4 Å². The van der Waals surface area contributed by atoms with Gasteiger partial charge < -0.3 is 5.32 Å². The molecule has 3 heterocycles. The number of aromatic nitrogens is 4. The Hall–Kier alpha value is -2.95. The third-order valence-corrected chi connectivity index (χ3v) is 4.46. The summed E-state index contributed by atoms with van der Waals surface area (Å²) in [5, 5.41) is 3.56. The number of fused-ring (bicyclic) bond motifs is 3. The van der Waals surface area contributed by atoms with Crippen molar-refractivity contribution in [2.75, 3.05) is 5.32 Å². The Morgan fingerprint density at radius 3 is 2.84 bits per heavy atom. The molecule has 0 amide bonds. The second-order valence-corrected chi connectivity index (χ2v) is 6.40. The van der Waals surface area contributed by atoms with Gasteiger partial charge in [-0.05, 0) is 49.9 Å². The molecule has 3 aromatic heterocycles. The van der Waals surface area contributed by atoms with Crippen molar-refractivity contribution >= 4 is 22.4 Å². The number of hydrogen-bond acceptors (Lipinski definition) is 4. The van der Waals surface area contributed by atoms with Crippen LogP contribution in [0.3, 0.4) is 0 Å². The molecule has 5 nitrogen and oxygen atoms in total. The number of nitrogens with one attached hydrogen (secondary N) is 1. The van der Waals surface area contributed by atoms with Crippen LogP contribution in [0.2, 0.25) is 0 Å². The fraction of sp³-hybridized carbons (Fsp3) is 0.250. The molecule has 25 heavy (non-hydrogen) atoms. The van der Waals surface area contributed by atoms with Crippen molar-refractivity contribution in [1.29, 1.82) is 0 Å². The summed E-state index contributed by atoms with van der Waals surface area (Å²) >= 11 is 0. The lowest BCUT2D eigenvalue weighted by atomic mass is 10.1. The minimum atomic E-state index is 0.337. The van der Waals surface area contributed by atoms with Crippen LogP contribution in [-0.2, 0) is 6.42 Å². The van der Waals surface area contributed by atoms with Gasteiger partial charge in [0.15, 0.2) is 5.82 Å². The van der Waals surface area contributed by atoms with Gasteiger partial charge in [-0.1, -0.05) is 18.2 Å². The van der Waals surface area contributed by atoms with Crippen LogP contribution in [-0.4, -0.2) is 25.4 Å². The molecule has 126 valence electrons. The number of imidazole rings is 1. The second-order valence-electron chi connectivity index (χ2n) is 6.40. The Labute approximate surface area is 146 Å². The van der Waals surface area contributed by atoms with E-state index < -0.39 is 0 Å². The number of para-hydroxylation sites is 2. The van der Waals surface area contributed by atoms with Crippen LogP contribution in [0.15, 0.2) is 61.3 Å². The van der Waals surface area contributed by atoms with Crippen LogP contribution in [0.4, 0.5) is 5.82 Å². The lowest BCUT2D eigenvalue weighted by Crippen LogP contribution is -2.17. The van der Waals surface area contributed by atoms with E-state index >= 15 is 0 Å². The zero-order chi connectivity index (χ0) is 17.1. The fourth-order valence-electron chi connectivity index (χ4n) is 3.17. The lowest BCUT2D eigenvalue weighted by molar-refractivity contribution is 0.653. The number of anilines is 1. The van der Waals surface area contributed by atoms with Gasteiger partial charge in [0.05, 0.1) is 23.6 Å². The number of aryl methyl sites for hydroxylation is 1. The maximum absolute atomic E-state index is 4.80. The molecular weight excluding hydrogens is 310 g/mol. The third kappa shape index (κ3) is 3.31. The predicted octanol–water partition coefficient (Wildman–Crippen LogP) is 4.10. The first kappa shape index (κ1) is 15.6. The SMILES string of the molecule is CC(CCCc1cccnc1)Nc1nc2ccccc2n2cncc12. The number of nitrogens with zero attached hydrogens (tertiary/aromatic N) is 4. The molecule has 1 aromatic carbocycles. The average molecular weight is 331 g/mol. The zero-order valence-corrected chi connectivity index (χ0v) is 14.3. The number of rotatable bonds is 6. The molecule has 0 radical (unpaired) electrons. The Morgan fingerprint density at radius 2 is 1.96 bits per heavy atom. The number of benzene rings is 1. The van der Waals surface area contributed by atoms with Gasteiger partial charge >= 0.3 is 0 Å². The summed E-state index contributed by atoms with van der Waals surface area (Å²) in [4.78, 5) is 13.3. The quantitative estimate of drug-likeness (QED) is 0.578. The minimum absolute atomic E-state index is 0.337. The highest BCUT2D eigenvalue weighted by Crippen LogP contribution is 2.22. The largest absolute Gasteiger partial charge is 0.366 e. The minimum Gasteiger partial charge on any atom is -0.366 e. The van der Waals surface area contributed by atoms with E-state index in [1.54, 1.807) is 0 Å². The summed E-state index contributed by atoms with van der Waals surface area (Å²) in [7, 11) is 0. The molecule has 4 aromatic rings. The summed E-state index contributed by atoms with van der Waals surface area (Å²) in [6, 6.07) is 12.6. The van der Waals surface area contributed by atoms with Crippen LogP contribution >= 0.6 is 0 Å². The van der Waals surface area contributed by atoms with E-state index in [-0.39, 0.29) is 0 Å². The van der Waals surface area contributed by atoms with E-state index in [0.29, 0.717) is 6.04 Å². The predicted molar refractivity (Wildman–Crippen MR) is 101 cm³/mol. The van der Waals surface area contributed by atoms with Crippen molar-refractivity contribution < 1.29 is 0 Å². The van der Waals surface area contributed by atoms with Crippen LogP contribution < -0.4 is 5.32 Å². The number of pyridine rings is 1. The molecule has 0 fully saturated rings. The van der Waals surface area contributed by atoms with Crippen LogP contribution in [0.25, 0.3) is 16.6 Å². The molecule has 0 bridgehead atoms. The van der Waals surface area contributed by atoms with Gasteiger partial charge in [0.2, 0.25) is 0 Å². The molecule has 5 heteroatoms. The highest BCUT2D eigenvalue weighted by atomic mass is 15.1. The topological polar surface area (TPSA) is 55.1 Å². The first-order valence-electron chi connectivity index (χ1n) is 8.67. The molecular formula is C20H21N5. The fourth-order valence-corrected chi connectivity index (χ4v) is 3.17. The maximum Gasteiger partial charge on any atom is 0.152 e. The molecule has 0 aliphatic carbocycles. The summed E-state index contributed by atoms with van der Waals surface area (Å²) in [5.41, 5.74) is 4.34. The summed E-state index contributed by atoms with van der Waals surface area (Å²) < 4.78 is 2.09. The average Bonchev–Trinajstić information content (AvgIpc) is 3.13. The van der Waals surface area contributed by atoms with E-state index in [1.807, 2.05) is 49.2 Å². The summed E-state index contributed by atoms with van der Waals surface area (Å²) in [6.45, 7) is 2.20. The van der Waals surface area contributed by atoms with Crippen LogP contribution in [0.1, 0.15) is 25.3 Å². The van der Waals surface area contributed by atoms with Crippen LogP contribution in [0, 0.1) is 0 Å². The van der Waals surface area contributed by atoms with Crippen molar-refractivity contribution in [3.63, 3.8) is 0 Å². The molecule has 1 N–H and O–H groups in total. The molecule has 0 aliphatic rings. The molecule has 0 aliphatic heterocycles. The Morgan fingerprint density at radius 1 is 1.04 bits per heavy atom. The van der Waals surface area contributed by atoms with E-state index in [1.165, 1.54) is 5.56 Å². The molecule has 0 saturated carbocycles. The Kier molecular flexibility index (Phi) is 4.29. The highest BCUT2D eigenvalue weighted by Gasteiger charge is 2.11. The first-order chi connectivity index (χ1) is 12.3. The van der Waals surface area contributed by atoms with Crippen molar-refractivity contribution in [2.24, 2.45) is 0 Å². The van der Waals surface area contributed by atoms with E-state index in [4.69, 9.17) is 4.98 Å². The smallest absolute Gasteiger partial charge is 0.152 e. The van der Waals surface area contributed by atoms with Gasteiger partial charge in [-0.3, -0.25) is 9.38 Å².